The van der Waals surface area contributed by atoms with Crippen LogP contribution in [0.15, 0.2) is 18.2 Å². The maximum atomic E-state index is 13.9. The van der Waals surface area contributed by atoms with Gasteiger partial charge in [0.05, 0.1) is 17.8 Å². The van der Waals surface area contributed by atoms with Crippen molar-refractivity contribution in [1.82, 2.24) is 10.2 Å². The normalized spacial score (nSPS) is 25.0. The Balaban J connectivity index is 2.11. The first-order valence-electron chi connectivity index (χ1n) is 9.15. The fourth-order valence-electron chi connectivity index (χ4n) is 3.43. The number of aliphatic hydroxyl groups is 1. The summed E-state index contributed by atoms with van der Waals surface area (Å²) in [7, 11) is 0. The Hall–Kier alpha value is -1.01. The minimum atomic E-state index is -0.456. The van der Waals surface area contributed by atoms with Crippen molar-refractivity contribution in [2.45, 2.75) is 78.0 Å². The highest BCUT2D eigenvalue weighted by atomic mass is 19.1. The molecule has 0 aromatic heterocycles. The van der Waals surface area contributed by atoms with Gasteiger partial charge in [-0.15, -0.1) is 0 Å². The summed E-state index contributed by atoms with van der Waals surface area (Å²) in [4.78, 5) is 2.23. The van der Waals surface area contributed by atoms with Gasteiger partial charge in [0.25, 0.3) is 0 Å². The molecule has 0 unspecified atom stereocenters. The van der Waals surface area contributed by atoms with E-state index in [0.717, 1.165) is 12.1 Å². The predicted octanol–water partition coefficient (Wildman–Crippen LogP) is 2.86. The molecule has 1 fully saturated rings. The van der Waals surface area contributed by atoms with E-state index in [-0.39, 0.29) is 29.6 Å². The van der Waals surface area contributed by atoms with E-state index in [4.69, 9.17) is 4.74 Å². The average molecular weight is 352 g/mol. The highest BCUT2D eigenvalue weighted by Gasteiger charge is 2.34. The van der Waals surface area contributed by atoms with Crippen molar-refractivity contribution in [2.24, 2.45) is 0 Å². The summed E-state index contributed by atoms with van der Waals surface area (Å²) in [5.41, 5.74) is 1.38. The van der Waals surface area contributed by atoms with E-state index in [1.165, 1.54) is 0 Å². The molecule has 1 heterocycles. The van der Waals surface area contributed by atoms with Crippen LogP contribution in [0.25, 0.3) is 0 Å². The van der Waals surface area contributed by atoms with Crippen LogP contribution < -0.4 is 5.32 Å². The molecule has 142 valence electrons. The molecule has 1 saturated heterocycles. The SMILES string of the molecule is Cc1ccc(CN2C[C@H]([C@H](C)OC(C)(C)C)NC[C@H]2[C@@H](C)O)cc1F. The lowest BCUT2D eigenvalue weighted by Gasteiger charge is -2.44. The van der Waals surface area contributed by atoms with Crippen LogP contribution in [0.1, 0.15) is 45.7 Å². The van der Waals surface area contributed by atoms with Crippen LogP contribution in [0, 0.1) is 12.7 Å². The Morgan fingerprint density at radius 3 is 2.60 bits per heavy atom. The van der Waals surface area contributed by atoms with Gasteiger partial charge in [-0.2, -0.15) is 0 Å². The first-order chi connectivity index (χ1) is 11.6. The molecule has 1 aliphatic heterocycles. The Bertz CT molecular complexity index is 571. The van der Waals surface area contributed by atoms with Crippen molar-refractivity contribution in [3.8, 4) is 0 Å². The lowest BCUT2D eigenvalue weighted by molar-refractivity contribution is -0.0839. The van der Waals surface area contributed by atoms with Crippen LogP contribution in [-0.4, -0.2) is 53.0 Å². The van der Waals surface area contributed by atoms with Crippen molar-refractivity contribution in [2.75, 3.05) is 13.1 Å². The lowest BCUT2D eigenvalue weighted by Crippen LogP contribution is -2.62. The number of hydrogen-bond donors (Lipinski definition) is 2. The van der Waals surface area contributed by atoms with E-state index in [9.17, 15) is 9.50 Å². The van der Waals surface area contributed by atoms with Gasteiger partial charge >= 0.3 is 0 Å². The van der Waals surface area contributed by atoms with Crippen LogP contribution in [0.4, 0.5) is 4.39 Å². The molecular weight excluding hydrogens is 319 g/mol. The fraction of sp³-hybridized carbons (Fsp3) is 0.700. The molecule has 0 spiro atoms. The molecule has 4 nitrogen and oxygen atoms in total. The first-order valence-corrected chi connectivity index (χ1v) is 9.15. The summed E-state index contributed by atoms with van der Waals surface area (Å²) in [6, 6.07) is 5.55. The second-order valence-electron chi connectivity index (χ2n) is 8.27. The minimum absolute atomic E-state index is 0.00227. The number of hydrogen-bond acceptors (Lipinski definition) is 4. The lowest BCUT2D eigenvalue weighted by atomic mass is 10.00. The van der Waals surface area contributed by atoms with Crippen LogP contribution in [0.3, 0.4) is 0 Å². The van der Waals surface area contributed by atoms with Crippen LogP contribution in [0.2, 0.25) is 0 Å². The molecule has 25 heavy (non-hydrogen) atoms. The Morgan fingerprint density at radius 2 is 2.04 bits per heavy atom. The van der Waals surface area contributed by atoms with E-state index in [1.54, 1.807) is 13.0 Å². The number of nitrogens with one attached hydrogen (secondary N) is 1. The topological polar surface area (TPSA) is 44.7 Å². The van der Waals surface area contributed by atoms with Crippen molar-refractivity contribution < 1.29 is 14.2 Å². The molecule has 0 bridgehead atoms. The van der Waals surface area contributed by atoms with Gasteiger partial charge in [0.15, 0.2) is 0 Å². The Kier molecular flexibility index (Phi) is 6.60. The highest BCUT2D eigenvalue weighted by molar-refractivity contribution is 5.23. The smallest absolute Gasteiger partial charge is 0.126 e. The first kappa shape index (κ1) is 20.3. The summed E-state index contributed by atoms with van der Waals surface area (Å²) < 4.78 is 20.0. The molecule has 2 rings (SSSR count). The Labute approximate surface area is 151 Å². The largest absolute Gasteiger partial charge is 0.392 e. The molecule has 1 aliphatic rings. The summed E-state index contributed by atoms with van der Waals surface area (Å²) in [6.45, 7) is 13.9. The zero-order valence-electron chi connectivity index (χ0n) is 16.3. The summed E-state index contributed by atoms with van der Waals surface area (Å²) in [5.74, 6) is -0.179. The van der Waals surface area contributed by atoms with Gasteiger partial charge in [0, 0.05) is 31.7 Å². The molecule has 0 aliphatic carbocycles. The predicted molar refractivity (Wildman–Crippen MR) is 99.1 cm³/mol. The van der Waals surface area contributed by atoms with Crippen LogP contribution >= 0.6 is 0 Å². The van der Waals surface area contributed by atoms with E-state index in [0.29, 0.717) is 18.7 Å². The van der Waals surface area contributed by atoms with Gasteiger partial charge in [-0.25, -0.2) is 4.39 Å². The van der Waals surface area contributed by atoms with Gasteiger partial charge in [-0.3, -0.25) is 4.90 Å². The number of halogens is 1. The molecule has 4 atom stereocenters. The average Bonchev–Trinajstić information content (AvgIpc) is 2.49. The van der Waals surface area contributed by atoms with Gasteiger partial charge < -0.3 is 15.2 Å². The molecule has 0 saturated carbocycles. The zero-order valence-corrected chi connectivity index (χ0v) is 16.3. The van der Waals surface area contributed by atoms with Crippen molar-refractivity contribution >= 4 is 0 Å². The monoisotopic (exact) mass is 352 g/mol. The summed E-state index contributed by atoms with van der Waals surface area (Å²) in [5, 5.41) is 13.7. The number of aryl methyl sites for hydroxylation is 1. The third-order valence-electron chi connectivity index (χ3n) is 4.77. The van der Waals surface area contributed by atoms with Gasteiger partial charge in [-0.05, 0) is 58.7 Å². The quantitative estimate of drug-likeness (QED) is 0.855. The van der Waals surface area contributed by atoms with Gasteiger partial charge in [0.2, 0.25) is 0 Å². The Morgan fingerprint density at radius 1 is 1.36 bits per heavy atom. The van der Waals surface area contributed by atoms with E-state index in [2.05, 4.69) is 37.9 Å². The molecular formula is C20H33FN2O2. The molecule has 1 aromatic carbocycles. The van der Waals surface area contributed by atoms with Gasteiger partial charge in [-0.1, -0.05) is 12.1 Å². The van der Waals surface area contributed by atoms with Crippen LogP contribution in [-0.2, 0) is 11.3 Å². The van der Waals surface area contributed by atoms with Crippen molar-refractivity contribution in [3.63, 3.8) is 0 Å². The summed E-state index contributed by atoms with van der Waals surface area (Å²) >= 11 is 0. The van der Waals surface area contributed by atoms with Crippen molar-refractivity contribution in [3.05, 3.63) is 35.1 Å². The number of piperazine rings is 1. The zero-order chi connectivity index (χ0) is 18.8. The third kappa shape index (κ3) is 5.74. The number of ether oxygens (including phenoxy) is 1. The number of benzene rings is 1. The number of aliphatic hydroxyl groups excluding tert-OH is 1. The van der Waals surface area contributed by atoms with E-state index < -0.39 is 6.10 Å². The third-order valence-corrected chi connectivity index (χ3v) is 4.77. The second-order valence-corrected chi connectivity index (χ2v) is 8.27. The maximum Gasteiger partial charge on any atom is 0.126 e. The molecule has 0 radical (unpaired) electrons. The second kappa shape index (κ2) is 8.12. The van der Waals surface area contributed by atoms with Crippen LogP contribution in [0.5, 0.6) is 0 Å². The highest BCUT2D eigenvalue weighted by Crippen LogP contribution is 2.21. The molecule has 0 amide bonds. The van der Waals surface area contributed by atoms with Gasteiger partial charge in [0.1, 0.15) is 5.82 Å². The molecule has 2 N–H and O–H groups in total. The number of rotatable bonds is 5. The summed E-state index contributed by atoms with van der Waals surface area (Å²) in [6.07, 6.45) is -0.408. The minimum Gasteiger partial charge on any atom is -0.392 e. The van der Waals surface area contributed by atoms with E-state index in [1.807, 2.05) is 19.1 Å². The van der Waals surface area contributed by atoms with Crippen molar-refractivity contribution in [1.29, 1.82) is 0 Å². The number of nitrogens with zero attached hydrogens (tertiary/aromatic N) is 1. The maximum absolute atomic E-state index is 13.9. The molecule has 5 heteroatoms. The van der Waals surface area contributed by atoms with E-state index >= 15 is 0 Å². The fourth-order valence-corrected chi connectivity index (χ4v) is 3.43. The standard InChI is InChI=1S/C20H33FN2O2/c1-13-7-8-16(9-17(13)21)11-23-12-18(15(3)25-20(4,5)6)22-10-19(23)14(2)24/h7-9,14-15,18-19,22,24H,10-12H2,1-6H3/t14-,15+,18-,19+/m1/s1. The molecule has 1 aromatic rings.